The van der Waals surface area contributed by atoms with E-state index in [0.29, 0.717) is 23.0 Å². The first-order chi connectivity index (χ1) is 9.23. The molecule has 0 saturated carbocycles. The van der Waals surface area contributed by atoms with E-state index in [9.17, 15) is 4.79 Å². The lowest BCUT2D eigenvalue weighted by Crippen LogP contribution is -2.33. The minimum atomic E-state index is 0.000710. The van der Waals surface area contributed by atoms with Crippen molar-refractivity contribution in [2.75, 3.05) is 6.54 Å². The van der Waals surface area contributed by atoms with Gasteiger partial charge in [0, 0.05) is 19.5 Å². The number of hydrogen-bond donors (Lipinski definition) is 0. The fourth-order valence-electron chi connectivity index (χ4n) is 1.99. The summed E-state index contributed by atoms with van der Waals surface area (Å²) in [4.78, 5) is 14.3. The van der Waals surface area contributed by atoms with Gasteiger partial charge in [0.25, 0.3) is 0 Å². The summed E-state index contributed by atoms with van der Waals surface area (Å²) in [6.07, 6.45) is 1.49. The lowest BCUT2D eigenvalue weighted by molar-refractivity contribution is -0.133. The first-order valence-electron chi connectivity index (χ1n) is 6.94. The Balaban J connectivity index is 2.80. The lowest BCUT2D eigenvalue weighted by atomic mass is 9.91. The van der Waals surface area contributed by atoms with Gasteiger partial charge in [-0.25, -0.2) is 0 Å². The Hall–Kier alpha value is -0.730. The van der Waals surface area contributed by atoms with Crippen molar-refractivity contribution in [3.05, 3.63) is 33.8 Å². The van der Waals surface area contributed by atoms with Gasteiger partial charge in [-0.3, -0.25) is 4.79 Å². The molecule has 0 aliphatic carbocycles. The fraction of sp³-hybridized carbons (Fsp3) is 0.562. The molecule has 0 unspecified atom stereocenters. The van der Waals surface area contributed by atoms with E-state index in [-0.39, 0.29) is 11.3 Å². The van der Waals surface area contributed by atoms with Crippen molar-refractivity contribution in [3.63, 3.8) is 0 Å². The van der Waals surface area contributed by atoms with Gasteiger partial charge in [-0.1, -0.05) is 57.0 Å². The van der Waals surface area contributed by atoms with Crippen LogP contribution in [0.25, 0.3) is 0 Å². The molecule has 0 saturated heterocycles. The number of benzene rings is 1. The van der Waals surface area contributed by atoms with E-state index in [2.05, 4.69) is 27.7 Å². The van der Waals surface area contributed by atoms with Crippen LogP contribution in [0.5, 0.6) is 0 Å². The third kappa shape index (κ3) is 5.72. The molecule has 0 aromatic heterocycles. The van der Waals surface area contributed by atoms with Gasteiger partial charge < -0.3 is 4.90 Å². The van der Waals surface area contributed by atoms with Crippen molar-refractivity contribution in [1.82, 2.24) is 4.90 Å². The summed E-state index contributed by atoms with van der Waals surface area (Å²) in [5, 5.41) is 1.07. The minimum absolute atomic E-state index is 0.000710. The molecule has 1 rings (SSSR count). The van der Waals surface area contributed by atoms with Gasteiger partial charge >= 0.3 is 0 Å². The predicted molar refractivity (Wildman–Crippen MR) is 86.2 cm³/mol. The highest BCUT2D eigenvalue weighted by atomic mass is 35.5. The molecule has 0 aliphatic rings. The van der Waals surface area contributed by atoms with Gasteiger partial charge in [0.1, 0.15) is 0 Å². The maximum Gasteiger partial charge on any atom is 0.223 e. The van der Waals surface area contributed by atoms with Crippen LogP contribution in [0.1, 0.15) is 46.1 Å². The van der Waals surface area contributed by atoms with Crippen LogP contribution in [0.15, 0.2) is 18.2 Å². The number of amides is 1. The Morgan fingerprint density at radius 3 is 2.35 bits per heavy atom. The first kappa shape index (κ1) is 17.3. The van der Waals surface area contributed by atoms with Crippen molar-refractivity contribution in [3.8, 4) is 0 Å². The fourth-order valence-corrected chi connectivity index (χ4v) is 2.31. The van der Waals surface area contributed by atoms with E-state index >= 15 is 0 Å². The average Bonchev–Trinajstić information content (AvgIpc) is 2.31. The monoisotopic (exact) mass is 315 g/mol. The summed E-state index contributed by atoms with van der Waals surface area (Å²) in [5.41, 5.74) is 1.01. The quantitative estimate of drug-likeness (QED) is 0.734. The first-order valence-corrected chi connectivity index (χ1v) is 7.70. The molecular formula is C16H23Cl2NO. The lowest BCUT2D eigenvalue weighted by Gasteiger charge is -2.26. The zero-order valence-corrected chi connectivity index (χ0v) is 14.2. The van der Waals surface area contributed by atoms with Gasteiger partial charge in [-0.05, 0) is 29.5 Å². The van der Waals surface area contributed by atoms with Crippen molar-refractivity contribution in [1.29, 1.82) is 0 Å². The Bertz CT molecular complexity index is 466. The minimum Gasteiger partial charge on any atom is -0.338 e. The molecular weight excluding hydrogens is 293 g/mol. The highest BCUT2D eigenvalue weighted by molar-refractivity contribution is 6.42. The van der Waals surface area contributed by atoms with Gasteiger partial charge in [0.15, 0.2) is 0 Å². The number of nitrogens with zero attached hydrogens (tertiary/aromatic N) is 1. The maximum atomic E-state index is 12.4. The summed E-state index contributed by atoms with van der Waals surface area (Å²) in [7, 11) is 0. The van der Waals surface area contributed by atoms with Crippen molar-refractivity contribution < 1.29 is 4.79 Å². The summed E-state index contributed by atoms with van der Waals surface area (Å²) >= 11 is 11.9. The molecule has 1 aromatic carbocycles. The van der Waals surface area contributed by atoms with E-state index in [1.54, 1.807) is 6.07 Å². The van der Waals surface area contributed by atoms with Crippen LogP contribution in [-0.4, -0.2) is 17.4 Å². The molecule has 0 heterocycles. The number of carbonyl (C=O) groups is 1. The summed E-state index contributed by atoms with van der Waals surface area (Å²) in [6.45, 7) is 9.65. The SMILES string of the molecule is CCCN(Cc1ccc(Cl)c(Cl)c1)C(=O)CC(C)(C)C. The molecule has 2 nitrogen and oxygen atoms in total. The average molecular weight is 316 g/mol. The third-order valence-electron chi connectivity index (χ3n) is 2.89. The highest BCUT2D eigenvalue weighted by Crippen LogP contribution is 2.24. The van der Waals surface area contributed by atoms with Crippen molar-refractivity contribution >= 4 is 29.1 Å². The molecule has 0 radical (unpaired) electrons. The van der Waals surface area contributed by atoms with Crippen LogP contribution in [0, 0.1) is 5.41 Å². The normalized spacial score (nSPS) is 11.5. The molecule has 1 amide bonds. The van der Waals surface area contributed by atoms with E-state index in [0.717, 1.165) is 18.5 Å². The second kappa shape index (κ2) is 7.33. The van der Waals surface area contributed by atoms with Gasteiger partial charge in [0.2, 0.25) is 5.91 Å². The Morgan fingerprint density at radius 2 is 1.85 bits per heavy atom. The molecule has 0 aliphatic heterocycles. The van der Waals surface area contributed by atoms with Crippen molar-refractivity contribution in [2.24, 2.45) is 5.41 Å². The standard InChI is InChI=1S/C16H23Cl2NO/c1-5-8-19(15(20)10-16(2,3)4)11-12-6-7-13(17)14(18)9-12/h6-7,9H,5,8,10-11H2,1-4H3. The summed E-state index contributed by atoms with van der Waals surface area (Å²) < 4.78 is 0. The van der Waals surface area contributed by atoms with Gasteiger partial charge in [-0.15, -0.1) is 0 Å². The second-order valence-corrected chi connectivity index (χ2v) is 7.12. The number of rotatable bonds is 5. The van der Waals surface area contributed by atoms with E-state index in [1.807, 2.05) is 17.0 Å². The molecule has 0 atom stereocenters. The number of hydrogen-bond acceptors (Lipinski definition) is 1. The highest BCUT2D eigenvalue weighted by Gasteiger charge is 2.21. The van der Waals surface area contributed by atoms with Crippen LogP contribution in [0.4, 0.5) is 0 Å². The van der Waals surface area contributed by atoms with E-state index in [1.165, 1.54) is 0 Å². The zero-order valence-electron chi connectivity index (χ0n) is 12.7. The van der Waals surface area contributed by atoms with E-state index < -0.39 is 0 Å². The third-order valence-corrected chi connectivity index (χ3v) is 3.62. The smallest absolute Gasteiger partial charge is 0.223 e. The molecule has 112 valence electrons. The van der Waals surface area contributed by atoms with Crippen LogP contribution < -0.4 is 0 Å². The van der Waals surface area contributed by atoms with Crippen LogP contribution in [0.3, 0.4) is 0 Å². The molecule has 20 heavy (non-hydrogen) atoms. The number of halogens is 2. The molecule has 1 aromatic rings. The summed E-state index contributed by atoms with van der Waals surface area (Å²) in [6, 6.07) is 5.52. The predicted octanol–water partition coefficient (Wildman–Crippen LogP) is 5.17. The largest absolute Gasteiger partial charge is 0.338 e. The topological polar surface area (TPSA) is 20.3 Å². The van der Waals surface area contributed by atoms with E-state index in [4.69, 9.17) is 23.2 Å². The Morgan fingerprint density at radius 1 is 1.20 bits per heavy atom. The number of carbonyl (C=O) groups excluding carboxylic acids is 1. The zero-order chi connectivity index (χ0) is 15.3. The van der Waals surface area contributed by atoms with Crippen LogP contribution in [-0.2, 0) is 11.3 Å². The molecule has 0 N–H and O–H groups in total. The molecule has 4 heteroatoms. The summed E-state index contributed by atoms with van der Waals surface area (Å²) in [5.74, 6) is 0.186. The Kier molecular flexibility index (Phi) is 6.35. The second-order valence-electron chi connectivity index (χ2n) is 6.30. The van der Waals surface area contributed by atoms with Gasteiger partial charge in [-0.2, -0.15) is 0 Å². The molecule has 0 fully saturated rings. The van der Waals surface area contributed by atoms with Crippen molar-refractivity contribution in [2.45, 2.75) is 47.1 Å². The van der Waals surface area contributed by atoms with Gasteiger partial charge in [0.05, 0.1) is 10.0 Å². The Labute approximate surface area is 132 Å². The maximum absolute atomic E-state index is 12.4. The van der Waals surface area contributed by atoms with Crippen LogP contribution >= 0.6 is 23.2 Å². The molecule has 0 bridgehead atoms. The molecule has 0 spiro atoms. The van der Waals surface area contributed by atoms with Crippen LogP contribution in [0.2, 0.25) is 10.0 Å².